The van der Waals surface area contributed by atoms with Crippen molar-refractivity contribution in [3.63, 3.8) is 0 Å². The predicted molar refractivity (Wildman–Crippen MR) is 93.4 cm³/mol. The van der Waals surface area contributed by atoms with E-state index in [2.05, 4.69) is 5.32 Å². The first kappa shape index (κ1) is 17.9. The van der Waals surface area contributed by atoms with Crippen molar-refractivity contribution in [2.24, 2.45) is 0 Å². The van der Waals surface area contributed by atoms with Gasteiger partial charge in [0.25, 0.3) is 5.91 Å². The summed E-state index contributed by atoms with van der Waals surface area (Å²) in [6.45, 7) is 3.27. The van der Waals surface area contributed by atoms with E-state index < -0.39 is 0 Å². The molecule has 1 amide bonds. The fourth-order valence-electron chi connectivity index (χ4n) is 2.09. The highest BCUT2D eigenvalue weighted by atomic mass is 35.5. The molecule has 0 unspecified atom stereocenters. The van der Waals surface area contributed by atoms with Crippen LogP contribution in [-0.2, 0) is 0 Å². The number of ether oxygens (including phenoxy) is 3. The van der Waals surface area contributed by atoms with Gasteiger partial charge in [-0.15, -0.1) is 0 Å². The SMILES string of the molecule is CCOc1ccc(OCCNC(=O)c2cc(Cl)ccc2OC)cc1. The molecule has 128 valence electrons. The molecule has 0 bridgehead atoms. The van der Waals surface area contributed by atoms with Crippen molar-refractivity contribution in [2.75, 3.05) is 26.9 Å². The van der Waals surface area contributed by atoms with E-state index in [0.717, 1.165) is 5.75 Å². The maximum Gasteiger partial charge on any atom is 0.255 e. The van der Waals surface area contributed by atoms with Crippen LogP contribution in [0.4, 0.5) is 0 Å². The van der Waals surface area contributed by atoms with Gasteiger partial charge in [0, 0.05) is 5.02 Å². The Kier molecular flexibility index (Phi) is 6.75. The molecule has 0 aliphatic heterocycles. The van der Waals surface area contributed by atoms with Crippen molar-refractivity contribution in [1.82, 2.24) is 5.32 Å². The molecular formula is C18H20ClNO4. The fraction of sp³-hybridized carbons (Fsp3) is 0.278. The first-order valence-corrected chi connectivity index (χ1v) is 7.99. The van der Waals surface area contributed by atoms with Gasteiger partial charge in [-0.25, -0.2) is 0 Å². The molecule has 0 radical (unpaired) electrons. The molecule has 5 nitrogen and oxygen atoms in total. The standard InChI is InChI=1S/C18H20ClNO4/c1-3-23-14-5-7-15(8-6-14)24-11-10-20-18(21)16-12-13(19)4-9-17(16)22-2/h4-9,12H,3,10-11H2,1-2H3,(H,20,21). The molecule has 0 aromatic heterocycles. The lowest BCUT2D eigenvalue weighted by Gasteiger charge is -2.11. The van der Waals surface area contributed by atoms with E-state index in [1.54, 1.807) is 18.2 Å². The van der Waals surface area contributed by atoms with Crippen LogP contribution < -0.4 is 19.5 Å². The van der Waals surface area contributed by atoms with E-state index in [4.69, 9.17) is 25.8 Å². The summed E-state index contributed by atoms with van der Waals surface area (Å²) < 4.78 is 16.1. The van der Waals surface area contributed by atoms with E-state index in [0.29, 0.717) is 41.8 Å². The Hall–Kier alpha value is -2.40. The van der Waals surface area contributed by atoms with Crippen molar-refractivity contribution >= 4 is 17.5 Å². The largest absolute Gasteiger partial charge is 0.496 e. The molecule has 0 saturated carbocycles. The van der Waals surface area contributed by atoms with E-state index in [1.807, 2.05) is 31.2 Å². The number of carbonyl (C=O) groups excluding carboxylic acids is 1. The van der Waals surface area contributed by atoms with Gasteiger partial charge in [0.15, 0.2) is 0 Å². The summed E-state index contributed by atoms with van der Waals surface area (Å²) in [5.41, 5.74) is 0.395. The maximum absolute atomic E-state index is 12.2. The topological polar surface area (TPSA) is 56.8 Å². The van der Waals surface area contributed by atoms with Crippen LogP contribution in [0, 0.1) is 0 Å². The summed E-state index contributed by atoms with van der Waals surface area (Å²) in [7, 11) is 1.51. The van der Waals surface area contributed by atoms with Crippen LogP contribution in [-0.4, -0.2) is 32.8 Å². The first-order chi connectivity index (χ1) is 11.6. The zero-order chi connectivity index (χ0) is 17.4. The first-order valence-electron chi connectivity index (χ1n) is 7.61. The lowest BCUT2D eigenvalue weighted by atomic mass is 10.2. The number of carbonyl (C=O) groups is 1. The predicted octanol–water partition coefficient (Wildman–Crippen LogP) is 3.56. The van der Waals surface area contributed by atoms with Gasteiger partial charge in [0.1, 0.15) is 23.9 Å². The molecule has 0 saturated heterocycles. The van der Waals surface area contributed by atoms with Crippen molar-refractivity contribution in [3.8, 4) is 17.2 Å². The van der Waals surface area contributed by atoms with E-state index in [9.17, 15) is 4.79 Å². The van der Waals surface area contributed by atoms with Crippen LogP contribution >= 0.6 is 11.6 Å². The summed E-state index contributed by atoms with van der Waals surface area (Å²) in [4.78, 5) is 12.2. The molecule has 6 heteroatoms. The molecule has 2 aromatic carbocycles. The van der Waals surface area contributed by atoms with Gasteiger partial charge >= 0.3 is 0 Å². The Morgan fingerprint density at radius 2 is 1.75 bits per heavy atom. The average molecular weight is 350 g/mol. The second-order valence-electron chi connectivity index (χ2n) is 4.85. The van der Waals surface area contributed by atoms with Crippen molar-refractivity contribution in [3.05, 3.63) is 53.1 Å². The van der Waals surface area contributed by atoms with Crippen LogP contribution in [0.15, 0.2) is 42.5 Å². The summed E-state index contributed by atoms with van der Waals surface area (Å²) in [6, 6.07) is 12.2. The molecule has 24 heavy (non-hydrogen) atoms. The Labute approximate surface area is 146 Å². The number of halogens is 1. The number of nitrogens with one attached hydrogen (secondary N) is 1. The van der Waals surface area contributed by atoms with Gasteiger partial charge in [-0.1, -0.05) is 11.6 Å². The Balaban J connectivity index is 1.81. The molecule has 0 aliphatic rings. The number of benzene rings is 2. The highest BCUT2D eigenvalue weighted by molar-refractivity contribution is 6.31. The van der Waals surface area contributed by atoms with Gasteiger partial charge in [0.05, 0.1) is 25.8 Å². The Morgan fingerprint density at radius 1 is 1.08 bits per heavy atom. The highest BCUT2D eigenvalue weighted by Crippen LogP contribution is 2.22. The van der Waals surface area contributed by atoms with E-state index >= 15 is 0 Å². The molecule has 2 aromatic rings. The number of amides is 1. The highest BCUT2D eigenvalue weighted by Gasteiger charge is 2.12. The maximum atomic E-state index is 12.2. The molecule has 1 N–H and O–H groups in total. The lowest BCUT2D eigenvalue weighted by Crippen LogP contribution is -2.28. The normalized spacial score (nSPS) is 10.1. The second kappa shape index (κ2) is 9.03. The molecule has 0 aliphatic carbocycles. The molecular weight excluding hydrogens is 330 g/mol. The van der Waals surface area contributed by atoms with Gasteiger partial charge in [0.2, 0.25) is 0 Å². The average Bonchev–Trinajstić information content (AvgIpc) is 2.60. The minimum Gasteiger partial charge on any atom is -0.496 e. The van der Waals surface area contributed by atoms with Gasteiger partial charge in [-0.05, 0) is 49.4 Å². The number of hydrogen-bond donors (Lipinski definition) is 1. The van der Waals surface area contributed by atoms with Crippen LogP contribution in [0.3, 0.4) is 0 Å². The molecule has 2 rings (SSSR count). The molecule has 0 spiro atoms. The van der Waals surface area contributed by atoms with Crippen molar-refractivity contribution < 1.29 is 19.0 Å². The van der Waals surface area contributed by atoms with Gasteiger partial charge in [-0.3, -0.25) is 4.79 Å². The van der Waals surface area contributed by atoms with Crippen molar-refractivity contribution in [2.45, 2.75) is 6.92 Å². The van der Waals surface area contributed by atoms with E-state index in [-0.39, 0.29) is 5.91 Å². The minimum absolute atomic E-state index is 0.260. The quantitative estimate of drug-likeness (QED) is 0.740. The summed E-state index contributed by atoms with van der Waals surface area (Å²) in [5, 5.41) is 3.25. The summed E-state index contributed by atoms with van der Waals surface area (Å²) in [5.74, 6) is 1.73. The third kappa shape index (κ3) is 5.06. The molecule has 0 atom stereocenters. The number of methoxy groups -OCH3 is 1. The Bertz CT molecular complexity index is 673. The third-order valence-electron chi connectivity index (χ3n) is 3.20. The van der Waals surface area contributed by atoms with Crippen LogP contribution in [0.1, 0.15) is 17.3 Å². The zero-order valence-corrected chi connectivity index (χ0v) is 14.4. The molecule has 0 fully saturated rings. The number of rotatable bonds is 8. The number of hydrogen-bond acceptors (Lipinski definition) is 4. The summed E-state index contributed by atoms with van der Waals surface area (Å²) in [6.07, 6.45) is 0. The fourth-order valence-corrected chi connectivity index (χ4v) is 2.26. The van der Waals surface area contributed by atoms with Gasteiger partial charge < -0.3 is 19.5 Å². The van der Waals surface area contributed by atoms with Crippen molar-refractivity contribution in [1.29, 1.82) is 0 Å². The van der Waals surface area contributed by atoms with Gasteiger partial charge in [-0.2, -0.15) is 0 Å². The monoisotopic (exact) mass is 349 g/mol. The third-order valence-corrected chi connectivity index (χ3v) is 3.43. The van der Waals surface area contributed by atoms with Crippen LogP contribution in [0.25, 0.3) is 0 Å². The summed E-state index contributed by atoms with van der Waals surface area (Å²) >= 11 is 5.92. The van der Waals surface area contributed by atoms with Crippen LogP contribution in [0.5, 0.6) is 17.2 Å². The van der Waals surface area contributed by atoms with Crippen LogP contribution in [0.2, 0.25) is 5.02 Å². The molecule has 0 heterocycles. The van der Waals surface area contributed by atoms with E-state index in [1.165, 1.54) is 7.11 Å². The minimum atomic E-state index is -0.260. The smallest absolute Gasteiger partial charge is 0.255 e. The zero-order valence-electron chi connectivity index (χ0n) is 13.7. The second-order valence-corrected chi connectivity index (χ2v) is 5.29. The lowest BCUT2D eigenvalue weighted by molar-refractivity contribution is 0.0944. The Morgan fingerprint density at radius 3 is 2.38 bits per heavy atom.